The molecule has 2 aromatic carbocycles. The summed E-state index contributed by atoms with van der Waals surface area (Å²) < 4.78 is 6.04. The maximum absolute atomic E-state index is 6.04. The Kier molecular flexibility index (Phi) is 12.0. The zero-order valence-corrected chi connectivity index (χ0v) is 33.6. The monoisotopic (exact) mass is 832 g/mol. The first-order chi connectivity index (χ1) is 22.4. The first kappa shape index (κ1) is 37.4. The van der Waals surface area contributed by atoms with E-state index in [4.69, 9.17) is 9.40 Å². The molecule has 0 saturated heterocycles. The summed E-state index contributed by atoms with van der Waals surface area (Å²) in [7, 11) is -1.44. The topological polar surface area (TPSA) is 51.8 Å². The van der Waals surface area contributed by atoms with Crippen molar-refractivity contribution in [1.82, 2.24) is 15.0 Å². The van der Waals surface area contributed by atoms with Gasteiger partial charge in [0.15, 0.2) is 0 Å². The Morgan fingerprint density at radius 2 is 1.60 bits per heavy atom. The molecule has 48 heavy (non-hydrogen) atoms. The number of hydrogen-bond donors (Lipinski definition) is 0. The van der Waals surface area contributed by atoms with Crippen LogP contribution in [0.5, 0.6) is 0 Å². The summed E-state index contributed by atoms with van der Waals surface area (Å²) in [6.45, 7) is 23.1. The van der Waals surface area contributed by atoms with Crippen molar-refractivity contribution < 1.29 is 24.5 Å². The summed E-state index contributed by atoms with van der Waals surface area (Å²) in [5.41, 5.74) is 9.41. The fraction of sp³-hybridized carbons (Fsp3) is 0.357. The van der Waals surface area contributed by atoms with Crippen LogP contribution in [0, 0.1) is 24.5 Å². The standard InChI is InChI=1S/C22H32NSi.C20H17N2O.Ir/c1-8-22(4,9-2)17(3)19-15-20(18-13-11-10-12-14-18)23-16-21(19)24(5,6)7;1-12(2)14-9-10-21-18(11-14)17-6-4-5-15-16-8-7-13(3)22-20(16)23-19(15)17;/h10-13,15-17H,8-9H2,1-7H3;4-5,7-12H,1-3H3;/q2*-1;. The smallest absolute Gasteiger partial charge is 0.216 e. The van der Waals surface area contributed by atoms with Crippen molar-refractivity contribution >= 4 is 35.3 Å². The van der Waals surface area contributed by atoms with Crippen molar-refractivity contribution in [1.29, 1.82) is 0 Å². The third kappa shape index (κ3) is 7.88. The Labute approximate surface area is 302 Å². The van der Waals surface area contributed by atoms with Gasteiger partial charge in [-0.3, -0.25) is 0 Å². The van der Waals surface area contributed by atoms with Crippen molar-refractivity contribution in [2.24, 2.45) is 5.41 Å². The minimum absolute atomic E-state index is 0. The third-order valence-corrected chi connectivity index (χ3v) is 12.0. The van der Waals surface area contributed by atoms with Gasteiger partial charge in [0.2, 0.25) is 5.71 Å². The number of furan rings is 1. The van der Waals surface area contributed by atoms with E-state index in [1.807, 2.05) is 43.5 Å². The number of rotatable bonds is 8. The Balaban J connectivity index is 0.000000212. The molecule has 0 N–H and O–H groups in total. The molecule has 0 fully saturated rings. The van der Waals surface area contributed by atoms with Crippen LogP contribution in [0.2, 0.25) is 19.6 Å². The summed E-state index contributed by atoms with van der Waals surface area (Å²) in [6, 6.07) is 29.3. The Morgan fingerprint density at radius 1 is 0.854 bits per heavy atom. The van der Waals surface area contributed by atoms with Gasteiger partial charge in [-0.2, -0.15) is 0 Å². The molecule has 4 nitrogen and oxygen atoms in total. The molecule has 0 spiro atoms. The molecule has 253 valence electrons. The molecule has 0 saturated carbocycles. The summed E-state index contributed by atoms with van der Waals surface area (Å²) in [6.07, 6.45) is 6.40. The molecule has 0 aliphatic rings. The molecule has 1 unspecified atom stereocenters. The molecular weight excluding hydrogens is 783 g/mol. The molecule has 0 aliphatic heterocycles. The van der Waals surface area contributed by atoms with Crippen LogP contribution in [0.25, 0.3) is 44.6 Å². The molecule has 1 atom stereocenters. The Morgan fingerprint density at radius 3 is 2.25 bits per heavy atom. The average molecular weight is 832 g/mol. The van der Waals surface area contributed by atoms with Crippen LogP contribution in [0.1, 0.15) is 83.0 Å². The fourth-order valence-electron chi connectivity index (χ4n) is 6.24. The second-order valence-corrected chi connectivity index (χ2v) is 19.4. The summed E-state index contributed by atoms with van der Waals surface area (Å²) in [4.78, 5) is 13.8. The maximum atomic E-state index is 6.04. The van der Waals surface area contributed by atoms with Gasteiger partial charge in [0.05, 0.1) is 13.7 Å². The summed E-state index contributed by atoms with van der Waals surface area (Å²) in [5, 5.41) is 3.58. The predicted octanol–water partition coefficient (Wildman–Crippen LogP) is 11.3. The van der Waals surface area contributed by atoms with Gasteiger partial charge >= 0.3 is 0 Å². The number of hydrogen-bond acceptors (Lipinski definition) is 4. The second kappa shape index (κ2) is 15.4. The van der Waals surface area contributed by atoms with Gasteiger partial charge in [0.25, 0.3) is 0 Å². The minimum atomic E-state index is -1.44. The van der Waals surface area contributed by atoms with Crippen molar-refractivity contribution in [3.63, 3.8) is 0 Å². The molecule has 6 aromatic rings. The summed E-state index contributed by atoms with van der Waals surface area (Å²) in [5.74, 6) is 0.982. The Bertz CT molecular complexity index is 1970. The van der Waals surface area contributed by atoms with Crippen LogP contribution in [0.4, 0.5) is 0 Å². The molecule has 0 aliphatic carbocycles. The zero-order chi connectivity index (χ0) is 33.9. The fourth-order valence-corrected chi connectivity index (χ4v) is 7.85. The number of aromatic nitrogens is 3. The van der Waals surface area contributed by atoms with E-state index in [2.05, 4.69) is 126 Å². The molecule has 6 rings (SSSR count). The largest absolute Gasteiger partial charge is 0.486 e. The normalized spacial score (nSPS) is 12.5. The molecule has 4 aromatic heterocycles. The van der Waals surface area contributed by atoms with Gasteiger partial charge in [-0.25, -0.2) is 4.98 Å². The van der Waals surface area contributed by atoms with Crippen LogP contribution < -0.4 is 5.19 Å². The van der Waals surface area contributed by atoms with E-state index >= 15 is 0 Å². The van der Waals surface area contributed by atoms with Crippen LogP contribution in [0.15, 0.2) is 83.5 Å². The molecule has 0 amide bonds. The number of fused-ring (bicyclic) bond motifs is 3. The molecule has 0 bridgehead atoms. The van der Waals surface area contributed by atoms with E-state index < -0.39 is 8.07 Å². The van der Waals surface area contributed by atoms with Crippen LogP contribution in [0.3, 0.4) is 0 Å². The third-order valence-electron chi connectivity index (χ3n) is 10.0. The molecular formula is C42H49IrN3OSi-2. The van der Waals surface area contributed by atoms with E-state index in [0.29, 0.717) is 23.0 Å². The van der Waals surface area contributed by atoms with E-state index in [-0.39, 0.29) is 20.1 Å². The number of nitrogens with zero attached hydrogens (tertiary/aromatic N) is 3. The van der Waals surface area contributed by atoms with E-state index in [1.165, 1.54) is 29.2 Å². The number of aryl methyl sites for hydroxylation is 1. The van der Waals surface area contributed by atoms with Crippen LogP contribution in [-0.4, -0.2) is 23.0 Å². The van der Waals surface area contributed by atoms with Gasteiger partial charge in [-0.15, -0.1) is 54.1 Å². The van der Waals surface area contributed by atoms with E-state index in [1.54, 1.807) is 0 Å². The molecule has 4 heterocycles. The van der Waals surface area contributed by atoms with Gasteiger partial charge in [-0.05, 0) is 58.9 Å². The van der Waals surface area contributed by atoms with Crippen molar-refractivity contribution in [2.75, 3.05) is 0 Å². The van der Waals surface area contributed by atoms with E-state index in [9.17, 15) is 0 Å². The quantitative estimate of drug-likeness (QED) is 0.113. The maximum Gasteiger partial charge on any atom is 0.216 e. The SMILES string of the molecule is CCC(C)(CC)C(C)c1cc(-c2[c-]cccc2)ncc1[Si](C)(C)C.Cc1ccc2c(n1)oc1c(-c3cc(C(C)C)ccn3)[c-]ccc12.[Ir]. The van der Waals surface area contributed by atoms with Gasteiger partial charge in [0, 0.05) is 43.6 Å². The Hall–Kier alpha value is -3.44. The van der Waals surface area contributed by atoms with Crippen LogP contribution >= 0.6 is 0 Å². The van der Waals surface area contributed by atoms with Crippen molar-refractivity contribution in [3.05, 3.63) is 108 Å². The molecule has 6 heteroatoms. The van der Waals surface area contributed by atoms with Crippen LogP contribution in [-0.2, 0) is 20.1 Å². The number of benzene rings is 2. The van der Waals surface area contributed by atoms with Crippen molar-refractivity contribution in [3.8, 4) is 22.5 Å². The molecule has 1 radical (unpaired) electrons. The van der Waals surface area contributed by atoms with E-state index in [0.717, 1.165) is 44.6 Å². The predicted molar refractivity (Wildman–Crippen MR) is 201 cm³/mol. The zero-order valence-electron chi connectivity index (χ0n) is 30.2. The first-order valence-corrected chi connectivity index (χ1v) is 20.5. The average Bonchev–Trinajstić information content (AvgIpc) is 3.45. The minimum Gasteiger partial charge on any atom is -0.486 e. The second-order valence-electron chi connectivity index (χ2n) is 14.4. The van der Waals surface area contributed by atoms with Gasteiger partial charge in [-0.1, -0.05) is 108 Å². The number of pyridine rings is 3. The van der Waals surface area contributed by atoms with Crippen molar-refractivity contribution in [2.45, 2.75) is 92.8 Å². The van der Waals surface area contributed by atoms with Gasteiger partial charge in [0.1, 0.15) is 0 Å². The summed E-state index contributed by atoms with van der Waals surface area (Å²) >= 11 is 0. The first-order valence-electron chi connectivity index (χ1n) is 17.0. The van der Waals surface area contributed by atoms with Gasteiger partial charge < -0.3 is 14.4 Å².